The number of nitrogens with one attached hydrogen (secondary N) is 1. The molecule has 2 amide bonds. The number of nitrogens with zero attached hydrogens (tertiary/aromatic N) is 2. The standard InChI is InChI=1S/C13H28N2O.C12H25NO.C5H12/c1-11(2)7-6-8-14-9-10-15(5)13(16)12(3)4;1-3-4-5-6-7-8-9-10-11-13(2)12-14;1-4-5(2)3/h11-12,14H,6-10H2,1-5H3;12H,3-11H2,1-2H3;5H,4H2,1-3H3. The second kappa shape index (κ2) is 29.1. The molecule has 0 atom stereocenters. The minimum absolute atomic E-state index is 0.103. The maximum Gasteiger partial charge on any atom is 0.224 e. The number of carbonyl (C=O) groups excluding carboxylic acids is 2. The van der Waals surface area contributed by atoms with Crippen LogP contribution in [-0.4, -0.2) is 62.4 Å². The maximum absolute atomic E-state index is 11.6. The van der Waals surface area contributed by atoms with E-state index in [1.165, 1.54) is 64.2 Å². The molecule has 0 aromatic carbocycles. The molecule has 0 aromatic rings. The number of amides is 2. The second-order valence-electron chi connectivity index (χ2n) is 11.1. The van der Waals surface area contributed by atoms with E-state index in [4.69, 9.17) is 0 Å². The molecule has 212 valence electrons. The zero-order valence-electron chi connectivity index (χ0n) is 25.6. The normalized spacial score (nSPS) is 10.5. The third-order valence-corrected chi connectivity index (χ3v) is 5.99. The largest absolute Gasteiger partial charge is 0.348 e. The van der Waals surface area contributed by atoms with Crippen molar-refractivity contribution in [2.75, 3.05) is 40.3 Å². The van der Waals surface area contributed by atoms with Crippen LogP contribution < -0.4 is 5.32 Å². The van der Waals surface area contributed by atoms with Crippen LogP contribution in [0.1, 0.15) is 126 Å². The molecule has 0 saturated heterocycles. The Morgan fingerprint density at radius 3 is 1.69 bits per heavy atom. The van der Waals surface area contributed by atoms with Gasteiger partial charge in [-0.25, -0.2) is 0 Å². The summed E-state index contributed by atoms with van der Waals surface area (Å²) in [5.74, 6) is 2.00. The molecule has 0 aromatic heterocycles. The van der Waals surface area contributed by atoms with Gasteiger partial charge in [0.2, 0.25) is 12.3 Å². The van der Waals surface area contributed by atoms with Crippen LogP contribution in [0.25, 0.3) is 0 Å². The van der Waals surface area contributed by atoms with E-state index >= 15 is 0 Å². The number of hydrogen-bond acceptors (Lipinski definition) is 3. The lowest BCUT2D eigenvalue weighted by molar-refractivity contribution is -0.133. The molecule has 1 N–H and O–H groups in total. The van der Waals surface area contributed by atoms with Crippen LogP contribution in [0.4, 0.5) is 0 Å². The summed E-state index contributed by atoms with van der Waals surface area (Å²) in [6, 6.07) is 0. The quantitative estimate of drug-likeness (QED) is 0.149. The van der Waals surface area contributed by atoms with E-state index in [0.29, 0.717) is 0 Å². The first-order valence-corrected chi connectivity index (χ1v) is 14.6. The molecule has 0 heterocycles. The van der Waals surface area contributed by atoms with Crippen molar-refractivity contribution in [3.8, 4) is 0 Å². The van der Waals surface area contributed by atoms with Gasteiger partial charge in [-0.15, -0.1) is 0 Å². The highest BCUT2D eigenvalue weighted by Crippen LogP contribution is 2.08. The van der Waals surface area contributed by atoms with Crippen molar-refractivity contribution >= 4 is 12.3 Å². The molecule has 0 aliphatic heterocycles. The first-order chi connectivity index (χ1) is 16.5. The summed E-state index contributed by atoms with van der Waals surface area (Å²) in [6.45, 7) is 20.9. The van der Waals surface area contributed by atoms with E-state index in [9.17, 15) is 9.59 Å². The molecule has 0 spiro atoms. The molecule has 35 heavy (non-hydrogen) atoms. The Labute approximate surface area is 221 Å². The third kappa shape index (κ3) is 35.1. The highest BCUT2D eigenvalue weighted by atomic mass is 16.2. The van der Waals surface area contributed by atoms with Crippen LogP contribution in [-0.2, 0) is 9.59 Å². The topological polar surface area (TPSA) is 52.7 Å². The van der Waals surface area contributed by atoms with Gasteiger partial charge in [0.05, 0.1) is 0 Å². The van der Waals surface area contributed by atoms with Crippen molar-refractivity contribution in [1.82, 2.24) is 15.1 Å². The van der Waals surface area contributed by atoms with E-state index in [1.807, 2.05) is 27.9 Å². The Balaban J connectivity index is -0.000000493. The lowest BCUT2D eigenvalue weighted by Gasteiger charge is -2.19. The molecule has 0 rings (SSSR count). The summed E-state index contributed by atoms with van der Waals surface area (Å²) < 4.78 is 0. The van der Waals surface area contributed by atoms with Gasteiger partial charge in [-0.05, 0) is 37.6 Å². The van der Waals surface area contributed by atoms with Gasteiger partial charge in [0.25, 0.3) is 0 Å². The molecule has 5 heteroatoms. The average Bonchev–Trinajstić information content (AvgIpc) is 2.82. The minimum Gasteiger partial charge on any atom is -0.348 e. The van der Waals surface area contributed by atoms with Crippen molar-refractivity contribution in [2.24, 2.45) is 17.8 Å². The van der Waals surface area contributed by atoms with Crippen LogP contribution in [0.5, 0.6) is 0 Å². The Kier molecular flexibility index (Phi) is 32.0. The monoisotopic (exact) mass is 500 g/mol. The van der Waals surface area contributed by atoms with E-state index in [0.717, 1.165) is 50.8 Å². The van der Waals surface area contributed by atoms with Crippen LogP contribution in [0.15, 0.2) is 0 Å². The van der Waals surface area contributed by atoms with Crippen LogP contribution in [0.3, 0.4) is 0 Å². The van der Waals surface area contributed by atoms with Crippen LogP contribution in [0.2, 0.25) is 0 Å². The molecule has 0 saturated carbocycles. The van der Waals surface area contributed by atoms with Gasteiger partial charge in [-0.2, -0.15) is 0 Å². The molecule has 0 unspecified atom stereocenters. The highest BCUT2D eigenvalue weighted by molar-refractivity contribution is 5.77. The molecular formula is C30H65N3O2. The highest BCUT2D eigenvalue weighted by Gasteiger charge is 2.11. The predicted octanol–water partition coefficient (Wildman–Crippen LogP) is 7.39. The molecular weight excluding hydrogens is 434 g/mol. The molecule has 0 bridgehead atoms. The van der Waals surface area contributed by atoms with Gasteiger partial charge in [-0.3, -0.25) is 9.59 Å². The molecule has 0 aliphatic rings. The second-order valence-corrected chi connectivity index (χ2v) is 11.1. The first kappa shape index (κ1) is 38.4. The van der Waals surface area contributed by atoms with Gasteiger partial charge < -0.3 is 15.1 Å². The Morgan fingerprint density at radius 1 is 0.743 bits per heavy atom. The van der Waals surface area contributed by atoms with Crippen LogP contribution in [0, 0.1) is 17.8 Å². The SMILES string of the molecule is CC(C)CCCNCCN(C)C(=O)C(C)C.CCC(C)C.CCCCCCCCCCN(C)C=O. The number of hydrogen-bond donors (Lipinski definition) is 1. The molecule has 5 nitrogen and oxygen atoms in total. The van der Waals surface area contributed by atoms with Gasteiger partial charge in [0, 0.05) is 39.6 Å². The van der Waals surface area contributed by atoms with Crippen molar-refractivity contribution in [1.29, 1.82) is 0 Å². The Hall–Kier alpha value is -1.10. The van der Waals surface area contributed by atoms with Gasteiger partial charge in [0.15, 0.2) is 0 Å². The van der Waals surface area contributed by atoms with Gasteiger partial charge in [0.1, 0.15) is 0 Å². The number of carbonyl (C=O) groups is 2. The van der Waals surface area contributed by atoms with E-state index < -0.39 is 0 Å². The van der Waals surface area contributed by atoms with Crippen molar-refractivity contribution in [3.63, 3.8) is 0 Å². The van der Waals surface area contributed by atoms with Crippen LogP contribution >= 0.6 is 0 Å². The van der Waals surface area contributed by atoms with Crippen molar-refractivity contribution in [2.45, 2.75) is 126 Å². The first-order valence-electron chi connectivity index (χ1n) is 14.6. The fourth-order valence-electron chi connectivity index (χ4n) is 3.11. The third-order valence-electron chi connectivity index (χ3n) is 5.99. The Bertz CT molecular complexity index is 439. The van der Waals surface area contributed by atoms with Gasteiger partial charge in [-0.1, -0.05) is 107 Å². The van der Waals surface area contributed by atoms with Gasteiger partial charge >= 0.3 is 0 Å². The van der Waals surface area contributed by atoms with E-state index in [-0.39, 0.29) is 11.8 Å². The predicted molar refractivity (Wildman–Crippen MR) is 156 cm³/mol. The van der Waals surface area contributed by atoms with E-state index in [1.54, 1.807) is 9.80 Å². The lowest BCUT2D eigenvalue weighted by Crippen LogP contribution is -2.36. The lowest BCUT2D eigenvalue weighted by atomic mass is 10.1. The van der Waals surface area contributed by atoms with Crippen molar-refractivity contribution < 1.29 is 9.59 Å². The number of rotatable bonds is 19. The Morgan fingerprint density at radius 2 is 1.26 bits per heavy atom. The molecule has 0 radical (unpaired) electrons. The minimum atomic E-state index is 0.103. The summed E-state index contributed by atoms with van der Waals surface area (Å²) in [7, 11) is 3.71. The summed E-state index contributed by atoms with van der Waals surface area (Å²) in [4.78, 5) is 25.3. The smallest absolute Gasteiger partial charge is 0.224 e. The fraction of sp³-hybridized carbons (Fsp3) is 0.933. The molecule has 0 fully saturated rings. The zero-order valence-corrected chi connectivity index (χ0v) is 25.6. The van der Waals surface area contributed by atoms with E-state index in [2.05, 4.69) is 46.9 Å². The molecule has 0 aliphatic carbocycles. The summed E-state index contributed by atoms with van der Waals surface area (Å²) >= 11 is 0. The summed E-state index contributed by atoms with van der Waals surface area (Å²) in [5.41, 5.74) is 0. The number of unbranched alkanes of at least 4 members (excludes halogenated alkanes) is 7. The fourth-order valence-corrected chi connectivity index (χ4v) is 3.11. The van der Waals surface area contributed by atoms with Crippen molar-refractivity contribution in [3.05, 3.63) is 0 Å². The summed E-state index contributed by atoms with van der Waals surface area (Å²) in [6.07, 6.45) is 15.3. The average molecular weight is 500 g/mol. The number of likely N-dealkylation sites (N-methyl/N-ethyl adjacent to an activating group) is 1. The zero-order chi connectivity index (χ0) is 27.5. The maximum atomic E-state index is 11.6. The summed E-state index contributed by atoms with van der Waals surface area (Å²) in [5, 5.41) is 3.37.